The van der Waals surface area contributed by atoms with E-state index >= 15 is 0 Å². The number of rotatable bonds is 2. The lowest BCUT2D eigenvalue weighted by Gasteiger charge is -2.20. The summed E-state index contributed by atoms with van der Waals surface area (Å²) in [6, 6.07) is 6.14. The highest BCUT2D eigenvalue weighted by Gasteiger charge is 2.40. The number of carboxylic acids is 1. The van der Waals surface area contributed by atoms with Crippen LogP contribution in [0.15, 0.2) is 28.8 Å². The van der Waals surface area contributed by atoms with Crippen LogP contribution in [0.25, 0.3) is 0 Å². The van der Waals surface area contributed by atoms with E-state index in [1.54, 1.807) is 25.1 Å². The van der Waals surface area contributed by atoms with E-state index in [1.165, 1.54) is 4.90 Å². The third-order valence-corrected chi connectivity index (χ3v) is 3.20. The highest BCUT2D eigenvalue weighted by atomic mass is 16.5. The first kappa shape index (κ1) is 12.3. The van der Waals surface area contributed by atoms with Gasteiger partial charge in [-0.05, 0) is 11.6 Å². The van der Waals surface area contributed by atoms with Crippen LogP contribution in [0.4, 0.5) is 5.69 Å². The Kier molecular flexibility index (Phi) is 2.74. The SMILES string of the molecule is Cc1nc(C(=O)N2c3ccccc3C[C@H]2C(=O)O)no1. The Morgan fingerprint density at radius 3 is 2.80 bits per heavy atom. The molecular weight excluding hydrogens is 262 g/mol. The third kappa shape index (κ3) is 1.83. The molecule has 102 valence electrons. The first-order valence-electron chi connectivity index (χ1n) is 6.02. The maximum Gasteiger partial charge on any atom is 0.327 e. The summed E-state index contributed by atoms with van der Waals surface area (Å²) in [5, 5.41) is 12.9. The number of fused-ring (bicyclic) bond motifs is 1. The van der Waals surface area contributed by atoms with Crippen LogP contribution < -0.4 is 4.90 Å². The van der Waals surface area contributed by atoms with E-state index in [2.05, 4.69) is 10.1 Å². The number of carbonyl (C=O) groups excluding carboxylic acids is 1. The van der Waals surface area contributed by atoms with E-state index in [4.69, 9.17) is 4.52 Å². The number of aryl methyl sites for hydroxylation is 1. The average Bonchev–Trinajstić information content (AvgIpc) is 3.01. The number of hydrogen-bond donors (Lipinski definition) is 1. The Labute approximate surface area is 113 Å². The first-order chi connectivity index (χ1) is 9.58. The second-order valence-electron chi connectivity index (χ2n) is 4.50. The lowest BCUT2D eigenvalue weighted by Crippen LogP contribution is -2.43. The average molecular weight is 273 g/mol. The van der Waals surface area contributed by atoms with Crippen LogP contribution in [0.3, 0.4) is 0 Å². The largest absolute Gasteiger partial charge is 0.480 e. The number of aliphatic carboxylic acids is 1. The molecule has 0 saturated heterocycles. The topological polar surface area (TPSA) is 96.5 Å². The Hall–Kier alpha value is -2.70. The van der Waals surface area contributed by atoms with Crippen molar-refractivity contribution in [1.29, 1.82) is 0 Å². The Morgan fingerprint density at radius 1 is 1.40 bits per heavy atom. The summed E-state index contributed by atoms with van der Waals surface area (Å²) in [5.74, 6) is -1.51. The molecule has 7 nitrogen and oxygen atoms in total. The molecule has 0 saturated carbocycles. The van der Waals surface area contributed by atoms with Gasteiger partial charge in [0.1, 0.15) is 6.04 Å². The molecule has 0 fully saturated rings. The van der Waals surface area contributed by atoms with Crippen molar-refractivity contribution >= 4 is 17.6 Å². The number of amides is 1. The van der Waals surface area contributed by atoms with Crippen molar-refractivity contribution in [2.24, 2.45) is 0 Å². The van der Waals surface area contributed by atoms with Gasteiger partial charge in [0.05, 0.1) is 0 Å². The molecule has 1 aliphatic heterocycles. The molecule has 0 spiro atoms. The van der Waals surface area contributed by atoms with Crippen LogP contribution >= 0.6 is 0 Å². The molecule has 3 rings (SSSR count). The lowest BCUT2D eigenvalue weighted by atomic mass is 10.1. The first-order valence-corrected chi connectivity index (χ1v) is 6.02. The fourth-order valence-corrected chi connectivity index (χ4v) is 2.33. The molecule has 0 bridgehead atoms. The van der Waals surface area contributed by atoms with E-state index in [0.717, 1.165) is 5.56 Å². The van der Waals surface area contributed by atoms with Gasteiger partial charge in [-0.1, -0.05) is 23.4 Å². The van der Waals surface area contributed by atoms with Gasteiger partial charge >= 0.3 is 5.97 Å². The van der Waals surface area contributed by atoms with Gasteiger partial charge in [-0.3, -0.25) is 9.69 Å². The number of carboxylic acid groups (broad SMARTS) is 1. The standard InChI is InChI=1S/C13H11N3O4/c1-7-14-11(15-20-7)12(17)16-9-5-3-2-4-8(9)6-10(16)13(18)19/h2-5,10H,6H2,1H3,(H,18,19)/t10-/m0/s1. The Bertz CT molecular complexity index is 694. The molecule has 1 N–H and O–H groups in total. The number of nitrogens with zero attached hydrogens (tertiary/aromatic N) is 3. The quantitative estimate of drug-likeness (QED) is 0.877. The molecule has 1 amide bonds. The molecule has 1 atom stereocenters. The highest BCUT2D eigenvalue weighted by Crippen LogP contribution is 2.33. The van der Waals surface area contributed by atoms with Crippen molar-refractivity contribution in [1.82, 2.24) is 10.1 Å². The molecule has 2 aromatic rings. The monoisotopic (exact) mass is 273 g/mol. The minimum atomic E-state index is -1.06. The van der Waals surface area contributed by atoms with Crippen molar-refractivity contribution in [3.8, 4) is 0 Å². The third-order valence-electron chi connectivity index (χ3n) is 3.20. The van der Waals surface area contributed by atoms with Crippen LogP contribution in [0.5, 0.6) is 0 Å². The summed E-state index contributed by atoms with van der Waals surface area (Å²) >= 11 is 0. The van der Waals surface area contributed by atoms with Gasteiger partial charge < -0.3 is 9.63 Å². The number of hydrogen-bond acceptors (Lipinski definition) is 5. The van der Waals surface area contributed by atoms with E-state index < -0.39 is 17.9 Å². The van der Waals surface area contributed by atoms with Crippen molar-refractivity contribution in [3.63, 3.8) is 0 Å². The predicted molar refractivity (Wildman–Crippen MR) is 67.4 cm³/mol. The fourth-order valence-electron chi connectivity index (χ4n) is 2.33. The van der Waals surface area contributed by atoms with E-state index in [-0.39, 0.29) is 18.1 Å². The maximum atomic E-state index is 12.4. The van der Waals surface area contributed by atoms with Gasteiger partial charge in [0.15, 0.2) is 0 Å². The second-order valence-corrected chi connectivity index (χ2v) is 4.50. The van der Waals surface area contributed by atoms with Gasteiger partial charge in [0, 0.05) is 19.0 Å². The van der Waals surface area contributed by atoms with Crippen LogP contribution in [-0.4, -0.2) is 33.2 Å². The molecule has 0 radical (unpaired) electrons. The van der Waals surface area contributed by atoms with Crippen molar-refractivity contribution in [3.05, 3.63) is 41.5 Å². The van der Waals surface area contributed by atoms with Gasteiger partial charge in [-0.25, -0.2) is 4.79 Å². The van der Waals surface area contributed by atoms with Crippen molar-refractivity contribution in [2.75, 3.05) is 4.90 Å². The second kappa shape index (κ2) is 4.44. The summed E-state index contributed by atoms with van der Waals surface area (Å²) < 4.78 is 4.77. The van der Waals surface area contributed by atoms with E-state index in [0.29, 0.717) is 5.69 Å². The Balaban J connectivity index is 2.04. The molecule has 7 heteroatoms. The molecule has 1 aromatic heterocycles. The van der Waals surface area contributed by atoms with E-state index in [9.17, 15) is 14.7 Å². The maximum absolute atomic E-state index is 12.4. The zero-order valence-corrected chi connectivity index (χ0v) is 10.6. The van der Waals surface area contributed by atoms with Crippen LogP contribution in [0.2, 0.25) is 0 Å². The summed E-state index contributed by atoms with van der Waals surface area (Å²) in [4.78, 5) is 28.8. The summed E-state index contributed by atoms with van der Waals surface area (Å²) in [7, 11) is 0. The van der Waals surface area contributed by atoms with Crippen LogP contribution in [0, 0.1) is 6.92 Å². The normalized spacial score (nSPS) is 17.1. The number of benzene rings is 1. The Morgan fingerprint density at radius 2 is 2.15 bits per heavy atom. The smallest absolute Gasteiger partial charge is 0.327 e. The van der Waals surface area contributed by atoms with Crippen LogP contribution in [-0.2, 0) is 11.2 Å². The summed E-state index contributed by atoms with van der Waals surface area (Å²) in [5.41, 5.74) is 1.39. The highest BCUT2D eigenvalue weighted by molar-refractivity contribution is 6.08. The molecule has 0 aliphatic carbocycles. The van der Waals surface area contributed by atoms with Gasteiger partial charge in [-0.15, -0.1) is 0 Å². The minimum Gasteiger partial charge on any atom is -0.480 e. The number of carbonyl (C=O) groups is 2. The molecular formula is C13H11N3O4. The molecule has 20 heavy (non-hydrogen) atoms. The molecule has 1 aliphatic rings. The summed E-state index contributed by atoms with van der Waals surface area (Å²) in [6.07, 6.45) is 0.272. The molecule has 1 aromatic carbocycles. The zero-order chi connectivity index (χ0) is 14.3. The number of para-hydroxylation sites is 1. The van der Waals surface area contributed by atoms with Gasteiger partial charge in [0.2, 0.25) is 5.89 Å². The fraction of sp³-hybridized carbons (Fsp3) is 0.231. The lowest BCUT2D eigenvalue weighted by molar-refractivity contribution is -0.138. The van der Waals surface area contributed by atoms with Gasteiger partial charge in [0.25, 0.3) is 11.7 Å². The number of anilines is 1. The molecule has 0 unspecified atom stereocenters. The van der Waals surface area contributed by atoms with Crippen molar-refractivity contribution in [2.45, 2.75) is 19.4 Å². The van der Waals surface area contributed by atoms with Crippen molar-refractivity contribution < 1.29 is 19.2 Å². The van der Waals surface area contributed by atoms with Crippen LogP contribution in [0.1, 0.15) is 22.1 Å². The number of aromatic nitrogens is 2. The van der Waals surface area contributed by atoms with E-state index in [1.807, 2.05) is 6.07 Å². The predicted octanol–water partition coefficient (Wildman–Crippen LogP) is 1.03. The zero-order valence-electron chi connectivity index (χ0n) is 10.6. The summed E-state index contributed by atoms with van der Waals surface area (Å²) in [6.45, 7) is 1.57. The van der Waals surface area contributed by atoms with Gasteiger partial charge in [-0.2, -0.15) is 4.98 Å². The molecule has 2 heterocycles. The minimum absolute atomic E-state index is 0.134.